The van der Waals surface area contributed by atoms with Crippen LogP contribution in [0.25, 0.3) is 0 Å². The SMILES string of the molecule is OC(Cc1ccc(F)cc1Br)C1OCCc2ccccc21. The molecule has 1 aliphatic heterocycles. The molecule has 4 heteroatoms. The molecule has 2 nitrogen and oxygen atoms in total. The normalized spacial score (nSPS) is 19.1. The number of ether oxygens (including phenoxy) is 1. The van der Waals surface area contributed by atoms with Gasteiger partial charge in [-0.2, -0.15) is 0 Å². The Labute approximate surface area is 131 Å². The molecule has 2 aromatic carbocycles. The zero-order chi connectivity index (χ0) is 14.8. The van der Waals surface area contributed by atoms with Gasteiger partial charge >= 0.3 is 0 Å². The summed E-state index contributed by atoms with van der Waals surface area (Å²) >= 11 is 3.34. The van der Waals surface area contributed by atoms with Crippen LogP contribution in [-0.4, -0.2) is 17.8 Å². The zero-order valence-corrected chi connectivity index (χ0v) is 13.0. The van der Waals surface area contributed by atoms with Crippen LogP contribution in [0.15, 0.2) is 46.9 Å². The summed E-state index contributed by atoms with van der Waals surface area (Å²) < 4.78 is 19.6. The maximum absolute atomic E-state index is 13.1. The number of fused-ring (bicyclic) bond motifs is 1. The van der Waals surface area contributed by atoms with Crippen molar-refractivity contribution in [1.82, 2.24) is 0 Å². The van der Waals surface area contributed by atoms with Crippen molar-refractivity contribution in [3.05, 3.63) is 69.4 Å². The van der Waals surface area contributed by atoms with Crippen LogP contribution in [0.4, 0.5) is 4.39 Å². The van der Waals surface area contributed by atoms with Crippen molar-refractivity contribution in [1.29, 1.82) is 0 Å². The van der Waals surface area contributed by atoms with Gasteiger partial charge in [0.05, 0.1) is 12.7 Å². The van der Waals surface area contributed by atoms with Gasteiger partial charge in [0.2, 0.25) is 0 Å². The second kappa shape index (κ2) is 6.26. The molecule has 2 unspecified atom stereocenters. The number of hydrogen-bond donors (Lipinski definition) is 1. The molecule has 1 N–H and O–H groups in total. The molecule has 1 aliphatic rings. The first-order valence-corrected chi connectivity index (χ1v) is 7.76. The number of rotatable bonds is 3. The van der Waals surface area contributed by atoms with Crippen LogP contribution in [0.1, 0.15) is 22.8 Å². The molecule has 2 aromatic rings. The number of hydrogen-bond acceptors (Lipinski definition) is 2. The Morgan fingerprint density at radius 3 is 2.90 bits per heavy atom. The molecule has 0 radical (unpaired) electrons. The van der Waals surface area contributed by atoms with Crippen molar-refractivity contribution in [2.24, 2.45) is 0 Å². The van der Waals surface area contributed by atoms with E-state index in [1.54, 1.807) is 6.07 Å². The van der Waals surface area contributed by atoms with E-state index >= 15 is 0 Å². The van der Waals surface area contributed by atoms with Crippen LogP contribution in [-0.2, 0) is 17.6 Å². The van der Waals surface area contributed by atoms with E-state index < -0.39 is 6.10 Å². The average molecular weight is 351 g/mol. The average Bonchev–Trinajstić information content (AvgIpc) is 2.49. The van der Waals surface area contributed by atoms with Gasteiger partial charge in [-0.25, -0.2) is 4.39 Å². The summed E-state index contributed by atoms with van der Waals surface area (Å²) in [6, 6.07) is 12.6. The Morgan fingerprint density at radius 1 is 1.29 bits per heavy atom. The van der Waals surface area contributed by atoms with Gasteiger partial charge in [0.25, 0.3) is 0 Å². The van der Waals surface area contributed by atoms with E-state index in [4.69, 9.17) is 4.74 Å². The number of halogens is 2. The van der Waals surface area contributed by atoms with Gasteiger partial charge in [-0.15, -0.1) is 0 Å². The lowest BCUT2D eigenvalue weighted by Gasteiger charge is -2.30. The second-order valence-electron chi connectivity index (χ2n) is 5.25. The van der Waals surface area contributed by atoms with E-state index in [1.165, 1.54) is 17.7 Å². The lowest BCUT2D eigenvalue weighted by Crippen LogP contribution is -2.28. The van der Waals surface area contributed by atoms with Gasteiger partial charge in [-0.3, -0.25) is 0 Å². The van der Waals surface area contributed by atoms with E-state index in [9.17, 15) is 9.50 Å². The summed E-state index contributed by atoms with van der Waals surface area (Å²) in [7, 11) is 0. The topological polar surface area (TPSA) is 29.5 Å². The van der Waals surface area contributed by atoms with Gasteiger partial charge in [0.1, 0.15) is 11.9 Å². The third kappa shape index (κ3) is 3.18. The van der Waals surface area contributed by atoms with Crippen molar-refractivity contribution in [3.8, 4) is 0 Å². The highest BCUT2D eigenvalue weighted by Crippen LogP contribution is 2.32. The lowest BCUT2D eigenvalue weighted by molar-refractivity contribution is -0.0461. The Hall–Kier alpha value is -1.23. The Bertz CT molecular complexity index is 644. The van der Waals surface area contributed by atoms with Crippen LogP contribution < -0.4 is 0 Å². The second-order valence-corrected chi connectivity index (χ2v) is 6.10. The molecule has 0 amide bonds. The van der Waals surface area contributed by atoms with Crippen molar-refractivity contribution in [2.45, 2.75) is 25.0 Å². The summed E-state index contributed by atoms with van der Waals surface area (Å²) in [6.07, 6.45) is 0.305. The van der Waals surface area contributed by atoms with Gasteiger partial charge in [0, 0.05) is 10.9 Å². The first-order chi connectivity index (χ1) is 10.1. The molecular formula is C17H16BrFO2. The molecule has 0 saturated carbocycles. The highest BCUT2D eigenvalue weighted by molar-refractivity contribution is 9.10. The molecule has 2 atom stereocenters. The van der Waals surface area contributed by atoms with Crippen molar-refractivity contribution < 1.29 is 14.2 Å². The summed E-state index contributed by atoms with van der Waals surface area (Å²) in [5, 5.41) is 10.5. The van der Waals surface area contributed by atoms with Gasteiger partial charge in [-0.05, 0) is 35.2 Å². The summed E-state index contributed by atoms with van der Waals surface area (Å²) in [4.78, 5) is 0. The van der Waals surface area contributed by atoms with Crippen LogP contribution >= 0.6 is 15.9 Å². The molecule has 1 heterocycles. The summed E-state index contributed by atoms with van der Waals surface area (Å²) in [5.41, 5.74) is 3.15. The summed E-state index contributed by atoms with van der Waals surface area (Å²) in [6.45, 7) is 0.614. The standard InChI is InChI=1S/C17H16BrFO2/c18-15-10-13(19)6-5-12(15)9-16(20)17-14-4-2-1-3-11(14)7-8-21-17/h1-6,10,16-17,20H,7-9H2. The number of aliphatic hydroxyl groups is 1. The predicted octanol–water partition coefficient (Wildman–Crippen LogP) is 3.81. The maximum Gasteiger partial charge on any atom is 0.124 e. The minimum Gasteiger partial charge on any atom is -0.390 e. The largest absolute Gasteiger partial charge is 0.390 e. The Morgan fingerprint density at radius 2 is 2.10 bits per heavy atom. The van der Waals surface area contributed by atoms with E-state index in [0.29, 0.717) is 17.5 Å². The quantitative estimate of drug-likeness (QED) is 0.911. The van der Waals surface area contributed by atoms with Crippen molar-refractivity contribution in [2.75, 3.05) is 6.61 Å². The van der Waals surface area contributed by atoms with Crippen LogP contribution in [0, 0.1) is 5.82 Å². The molecule has 21 heavy (non-hydrogen) atoms. The van der Waals surface area contributed by atoms with E-state index in [1.807, 2.05) is 18.2 Å². The molecule has 0 spiro atoms. The van der Waals surface area contributed by atoms with Crippen LogP contribution in [0.2, 0.25) is 0 Å². The molecule has 0 fully saturated rings. The Kier molecular flexibility index (Phi) is 4.38. The molecule has 0 bridgehead atoms. The highest BCUT2D eigenvalue weighted by Gasteiger charge is 2.27. The smallest absolute Gasteiger partial charge is 0.124 e. The molecule has 0 saturated heterocycles. The zero-order valence-electron chi connectivity index (χ0n) is 11.4. The fraction of sp³-hybridized carbons (Fsp3) is 0.294. The van der Waals surface area contributed by atoms with Crippen molar-refractivity contribution in [3.63, 3.8) is 0 Å². The molecule has 0 aromatic heterocycles. The highest BCUT2D eigenvalue weighted by atomic mass is 79.9. The minimum atomic E-state index is -0.659. The van der Waals surface area contributed by atoms with E-state index in [-0.39, 0.29) is 11.9 Å². The van der Waals surface area contributed by atoms with Gasteiger partial charge < -0.3 is 9.84 Å². The fourth-order valence-corrected chi connectivity index (χ4v) is 3.28. The number of aliphatic hydroxyl groups excluding tert-OH is 1. The Balaban J connectivity index is 1.81. The molecular weight excluding hydrogens is 335 g/mol. The third-order valence-corrected chi connectivity index (χ3v) is 4.56. The number of benzene rings is 2. The van der Waals surface area contributed by atoms with Crippen molar-refractivity contribution >= 4 is 15.9 Å². The molecule has 0 aliphatic carbocycles. The third-order valence-electron chi connectivity index (χ3n) is 3.82. The predicted molar refractivity (Wildman–Crippen MR) is 82.6 cm³/mol. The van der Waals surface area contributed by atoms with Gasteiger partial charge in [-0.1, -0.05) is 46.3 Å². The fourth-order valence-electron chi connectivity index (χ4n) is 2.76. The van der Waals surface area contributed by atoms with Crippen LogP contribution in [0.3, 0.4) is 0 Å². The first kappa shape index (κ1) is 14.7. The van der Waals surface area contributed by atoms with Crippen LogP contribution in [0.5, 0.6) is 0 Å². The lowest BCUT2D eigenvalue weighted by atomic mass is 9.92. The molecule has 110 valence electrons. The monoisotopic (exact) mass is 350 g/mol. The van der Waals surface area contributed by atoms with E-state index in [0.717, 1.165) is 17.5 Å². The first-order valence-electron chi connectivity index (χ1n) is 6.96. The minimum absolute atomic E-state index is 0.292. The van der Waals surface area contributed by atoms with Gasteiger partial charge in [0.15, 0.2) is 0 Å². The van der Waals surface area contributed by atoms with E-state index in [2.05, 4.69) is 22.0 Å². The maximum atomic E-state index is 13.1. The summed E-state index contributed by atoms with van der Waals surface area (Å²) in [5.74, 6) is -0.292. The molecule has 3 rings (SSSR count).